The van der Waals surface area contributed by atoms with Crippen molar-refractivity contribution in [2.45, 2.75) is 16.7 Å². The van der Waals surface area contributed by atoms with Gasteiger partial charge in [0, 0.05) is 17.6 Å². The summed E-state index contributed by atoms with van der Waals surface area (Å²) in [5, 5.41) is 2.73. The Balaban J connectivity index is 1.48. The predicted molar refractivity (Wildman–Crippen MR) is 143 cm³/mol. The molecule has 0 fully saturated rings. The van der Waals surface area contributed by atoms with Gasteiger partial charge in [-0.3, -0.25) is 14.2 Å². The maximum Gasteiger partial charge on any atom is 0.263 e. The van der Waals surface area contributed by atoms with Crippen LogP contribution in [0.1, 0.15) is 15.9 Å². The highest BCUT2D eigenvalue weighted by Crippen LogP contribution is 2.25. The SMILES string of the molecule is Cc1ccc(S(=O)(=O)Nc2ccc(Cl)c(C(=O)Nc3ccc(S(=O)(=O)Nc4ccccn4)cc3)c2)cc1. The Morgan fingerprint density at radius 1 is 0.757 bits per heavy atom. The number of aryl methyl sites for hydroxylation is 1. The highest BCUT2D eigenvalue weighted by Gasteiger charge is 2.18. The molecular formula is C25H21ClN4O5S2. The molecule has 0 aliphatic heterocycles. The largest absolute Gasteiger partial charge is 0.322 e. The van der Waals surface area contributed by atoms with Crippen molar-refractivity contribution in [3.63, 3.8) is 0 Å². The van der Waals surface area contributed by atoms with Crippen LogP contribution in [0.4, 0.5) is 17.2 Å². The Bertz CT molecular complexity index is 1640. The lowest BCUT2D eigenvalue weighted by Crippen LogP contribution is -2.16. The number of carbonyl (C=O) groups is 1. The first-order chi connectivity index (χ1) is 17.5. The van der Waals surface area contributed by atoms with Crippen LogP contribution in [0.25, 0.3) is 0 Å². The van der Waals surface area contributed by atoms with Gasteiger partial charge in [0.2, 0.25) is 0 Å². The van der Waals surface area contributed by atoms with E-state index in [1.165, 1.54) is 66.9 Å². The van der Waals surface area contributed by atoms with E-state index in [9.17, 15) is 21.6 Å². The van der Waals surface area contributed by atoms with E-state index in [4.69, 9.17) is 11.6 Å². The summed E-state index contributed by atoms with van der Waals surface area (Å²) in [5.41, 5.74) is 1.40. The number of nitrogens with zero attached hydrogens (tertiary/aromatic N) is 1. The summed E-state index contributed by atoms with van der Waals surface area (Å²) in [7, 11) is -7.76. The Labute approximate surface area is 219 Å². The van der Waals surface area contributed by atoms with Crippen LogP contribution < -0.4 is 14.8 Å². The number of hydrogen-bond donors (Lipinski definition) is 3. The molecule has 0 atom stereocenters. The molecule has 12 heteroatoms. The van der Waals surface area contributed by atoms with Gasteiger partial charge in [0.05, 0.1) is 20.4 Å². The van der Waals surface area contributed by atoms with Crippen molar-refractivity contribution in [3.05, 3.63) is 107 Å². The lowest BCUT2D eigenvalue weighted by Gasteiger charge is -2.12. The fraction of sp³-hybridized carbons (Fsp3) is 0.0400. The summed E-state index contributed by atoms with van der Waals surface area (Å²) in [6.45, 7) is 1.85. The van der Waals surface area contributed by atoms with Crippen molar-refractivity contribution < 1.29 is 21.6 Å². The van der Waals surface area contributed by atoms with Crippen molar-refractivity contribution >= 4 is 54.7 Å². The molecule has 4 rings (SSSR count). The van der Waals surface area contributed by atoms with Crippen LogP contribution >= 0.6 is 11.6 Å². The average molecular weight is 557 g/mol. The number of hydrogen-bond acceptors (Lipinski definition) is 6. The van der Waals surface area contributed by atoms with Gasteiger partial charge in [-0.15, -0.1) is 0 Å². The molecule has 1 heterocycles. The molecule has 0 saturated heterocycles. The van der Waals surface area contributed by atoms with Gasteiger partial charge in [0.15, 0.2) is 0 Å². The third-order valence-corrected chi connectivity index (χ3v) is 8.22. The van der Waals surface area contributed by atoms with E-state index in [-0.39, 0.29) is 31.9 Å². The van der Waals surface area contributed by atoms with Crippen LogP contribution in [-0.4, -0.2) is 27.7 Å². The highest BCUT2D eigenvalue weighted by molar-refractivity contribution is 7.93. The molecule has 9 nitrogen and oxygen atoms in total. The number of aromatic nitrogens is 1. The third-order valence-electron chi connectivity index (χ3n) is 5.12. The number of halogens is 1. The minimum Gasteiger partial charge on any atom is -0.322 e. The van der Waals surface area contributed by atoms with E-state index < -0.39 is 26.0 Å². The number of nitrogens with one attached hydrogen (secondary N) is 3. The molecule has 3 N–H and O–H groups in total. The van der Waals surface area contributed by atoms with E-state index in [1.807, 2.05) is 6.92 Å². The number of carbonyl (C=O) groups excluding carboxylic acids is 1. The number of sulfonamides is 2. The zero-order chi connectivity index (χ0) is 26.6. The zero-order valence-corrected chi connectivity index (χ0v) is 21.7. The van der Waals surface area contributed by atoms with E-state index >= 15 is 0 Å². The molecule has 0 aliphatic rings. The molecule has 1 aromatic heterocycles. The van der Waals surface area contributed by atoms with Gasteiger partial charge in [0.25, 0.3) is 26.0 Å². The molecule has 3 aromatic carbocycles. The van der Waals surface area contributed by atoms with Crippen LogP contribution in [0.15, 0.2) is 101 Å². The molecule has 0 saturated carbocycles. The highest BCUT2D eigenvalue weighted by atomic mass is 35.5. The lowest BCUT2D eigenvalue weighted by atomic mass is 10.2. The second kappa shape index (κ2) is 10.6. The van der Waals surface area contributed by atoms with Crippen molar-refractivity contribution in [2.75, 3.05) is 14.8 Å². The molecule has 4 aromatic rings. The average Bonchev–Trinajstić information content (AvgIpc) is 2.86. The molecule has 0 bridgehead atoms. The molecule has 0 aliphatic carbocycles. The van der Waals surface area contributed by atoms with Gasteiger partial charge in [-0.1, -0.05) is 35.4 Å². The lowest BCUT2D eigenvalue weighted by molar-refractivity contribution is 0.102. The second-order valence-corrected chi connectivity index (χ2v) is 11.7. The first-order valence-corrected chi connectivity index (χ1v) is 14.1. The van der Waals surface area contributed by atoms with E-state index in [1.54, 1.807) is 24.3 Å². The Morgan fingerprint density at radius 2 is 1.35 bits per heavy atom. The maximum absolute atomic E-state index is 12.9. The maximum atomic E-state index is 12.9. The van der Waals surface area contributed by atoms with Crippen molar-refractivity contribution in [1.82, 2.24) is 4.98 Å². The van der Waals surface area contributed by atoms with Crippen LogP contribution in [-0.2, 0) is 20.0 Å². The number of anilines is 3. The van der Waals surface area contributed by atoms with Crippen LogP contribution in [0, 0.1) is 6.92 Å². The van der Waals surface area contributed by atoms with E-state index in [0.29, 0.717) is 5.69 Å². The predicted octanol–water partition coefficient (Wildman–Crippen LogP) is 4.90. The Kier molecular flexibility index (Phi) is 7.48. The Hall–Kier alpha value is -3.93. The van der Waals surface area contributed by atoms with Crippen LogP contribution in [0.3, 0.4) is 0 Å². The fourth-order valence-corrected chi connectivity index (χ4v) is 5.49. The van der Waals surface area contributed by atoms with Gasteiger partial charge >= 0.3 is 0 Å². The zero-order valence-electron chi connectivity index (χ0n) is 19.3. The molecule has 0 radical (unpaired) electrons. The molecular weight excluding hydrogens is 536 g/mol. The number of pyridine rings is 1. The minimum atomic E-state index is -3.88. The van der Waals surface area contributed by atoms with Crippen LogP contribution in [0.2, 0.25) is 5.02 Å². The third kappa shape index (κ3) is 6.45. The first-order valence-electron chi connectivity index (χ1n) is 10.8. The minimum absolute atomic E-state index is 0.0262. The van der Waals surface area contributed by atoms with Crippen LogP contribution in [0.5, 0.6) is 0 Å². The second-order valence-electron chi connectivity index (χ2n) is 7.91. The summed E-state index contributed by atoms with van der Waals surface area (Å²) in [4.78, 5) is 16.9. The van der Waals surface area contributed by atoms with Crippen molar-refractivity contribution in [1.29, 1.82) is 0 Å². The summed E-state index contributed by atoms with van der Waals surface area (Å²) in [6, 6.07) is 20.8. The number of amides is 1. The molecule has 190 valence electrons. The summed E-state index contributed by atoms with van der Waals surface area (Å²) < 4.78 is 55.3. The quantitative estimate of drug-likeness (QED) is 0.283. The summed E-state index contributed by atoms with van der Waals surface area (Å²) in [5.74, 6) is -0.434. The summed E-state index contributed by atoms with van der Waals surface area (Å²) >= 11 is 6.19. The molecule has 1 amide bonds. The standard InChI is InChI=1S/C25H21ClN4O5S2/c1-17-5-10-20(11-6-17)36(32,33)29-19-9-14-23(26)22(16-19)25(31)28-18-7-12-21(13-8-18)37(34,35)30-24-4-2-3-15-27-24/h2-16,29H,1H3,(H,27,30)(H,28,31). The first kappa shape index (κ1) is 26.1. The topological polar surface area (TPSA) is 134 Å². The van der Waals surface area contributed by atoms with Gasteiger partial charge in [-0.05, 0) is 73.7 Å². The van der Waals surface area contributed by atoms with Crippen molar-refractivity contribution in [3.8, 4) is 0 Å². The Morgan fingerprint density at radius 3 is 1.97 bits per heavy atom. The summed E-state index contributed by atoms with van der Waals surface area (Å²) in [6.07, 6.45) is 1.46. The number of rotatable bonds is 8. The number of benzene rings is 3. The molecule has 37 heavy (non-hydrogen) atoms. The van der Waals surface area contributed by atoms with E-state index in [2.05, 4.69) is 19.7 Å². The smallest absolute Gasteiger partial charge is 0.263 e. The fourth-order valence-electron chi connectivity index (χ4n) is 3.23. The monoisotopic (exact) mass is 556 g/mol. The molecule has 0 unspecified atom stereocenters. The van der Waals surface area contributed by atoms with Gasteiger partial charge in [0.1, 0.15) is 5.82 Å². The normalized spacial score (nSPS) is 11.5. The van der Waals surface area contributed by atoms with Gasteiger partial charge < -0.3 is 5.32 Å². The molecule has 0 spiro atoms. The van der Waals surface area contributed by atoms with Gasteiger partial charge in [-0.25, -0.2) is 21.8 Å². The van der Waals surface area contributed by atoms with E-state index in [0.717, 1.165) is 5.56 Å². The van der Waals surface area contributed by atoms with Crippen molar-refractivity contribution in [2.24, 2.45) is 0 Å². The van der Waals surface area contributed by atoms with Gasteiger partial charge in [-0.2, -0.15) is 0 Å².